The first-order valence-electron chi connectivity index (χ1n) is 7.43. The summed E-state index contributed by atoms with van der Waals surface area (Å²) in [7, 11) is 0. The number of benzene rings is 1. The number of thioether (sulfide) groups is 2. The number of hydrogen-bond donors (Lipinski definition) is 1. The molecular formula is C15H21N5OS2. The Hall–Kier alpha value is -1.54. The van der Waals surface area contributed by atoms with Crippen LogP contribution in [0.2, 0.25) is 0 Å². The van der Waals surface area contributed by atoms with Crippen LogP contribution in [0.25, 0.3) is 0 Å². The lowest BCUT2D eigenvalue weighted by molar-refractivity contribution is -0.118. The highest BCUT2D eigenvalue weighted by molar-refractivity contribution is 7.99. The maximum atomic E-state index is 11.9. The van der Waals surface area contributed by atoms with Gasteiger partial charge in [-0.2, -0.15) is 0 Å². The molecule has 0 saturated heterocycles. The highest BCUT2D eigenvalue weighted by Crippen LogP contribution is 2.18. The molecule has 0 radical (unpaired) electrons. The van der Waals surface area contributed by atoms with Crippen molar-refractivity contribution >= 4 is 29.4 Å². The van der Waals surface area contributed by atoms with Crippen LogP contribution in [0.5, 0.6) is 0 Å². The molecule has 8 heteroatoms. The summed E-state index contributed by atoms with van der Waals surface area (Å²) < 4.78 is 1.71. The molecule has 0 saturated carbocycles. The number of nitrogens with one attached hydrogen (secondary N) is 1. The summed E-state index contributed by atoms with van der Waals surface area (Å²) in [4.78, 5) is 13.1. The minimum Gasteiger partial charge on any atom is -0.355 e. The summed E-state index contributed by atoms with van der Waals surface area (Å²) in [6.07, 6.45) is 0. The second-order valence-corrected chi connectivity index (χ2v) is 7.41. The SMILES string of the molecule is Cc1ccc(SCCNC(=O)CSc2nnnn2C(C)C)cc1. The van der Waals surface area contributed by atoms with Crippen LogP contribution < -0.4 is 5.32 Å². The number of nitrogens with zero attached hydrogens (tertiary/aromatic N) is 4. The van der Waals surface area contributed by atoms with E-state index in [1.54, 1.807) is 16.4 Å². The predicted molar refractivity (Wildman–Crippen MR) is 93.8 cm³/mol. The van der Waals surface area contributed by atoms with Crippen LogP contribution in [0.3, 0.4) is 0 Å². The minimum atomic E-state index is -0.00203. The molecule has 1 amide bonds. The number of aryl methyl sites for hydroxylation is 1. The maximum Gasteiger partial charge on any atom is 0.230 e. The predicted octanol–water partition coefficient (Wildman–Crippen LogP) is 2.56. The Morgan fingerprint density at radius 1 is 1.26 bits per heavy atom. The zero-order valence-corrected chi connectivity index (χ0v) is 15.2. The third kappa shape index (κ3) is 5.87. The first-order valence-corrected chi connectivity index (χ1v) is 9.40. The van der Waals surface area contributed by atoms with Gasteiger partial charge in [0.1, 0.15) is 0 Å². The van der Waals surface area contributed by atoms with E-state index in [2.05, 4.69) is 52.0 Å². The molecule has 0 fully saturated rings. The van der Waals surface area contributed by atoms with Gasteiger partial charge in [-0.05, 0) is 43.3 Å². The Labute approximate surface area is 144 Å². The van der Waals surface area contributed by atoms with Crippen molar-refractivity contribution in [3.05, 3.63) is 29.8 Å². The second-order valence-electron chi connectivity index (χ2n) is 5.30. The molecule has 124 valence electrons. The second kappa shape index (κ2) is 8.93. The van der Waals surface area contributed by atoms with Crippen molar-refractivity contribution in [2.75, 3.05) is 18.1 Å². The molecule has 0 spiro atoms. The molecular weight excluding hydrogens is 330 g/mol. The van der Waals surface area contributed by atoms with Gasteiger partial charge in [0.2, 0.25) is 11.1 Å². The van der Waals surface area contributed by atoms with Gasteiger partial charge in [0, 0.05) is 17.2 Å². The molecule has 0 unspecified atom stereocenters. The van der Waals surface area contributed by atoms with Crippen molar-refractivity contribution in [3.63, 3.8) is 0 Å². The van der Waals surface area contributed by atoms with E-state index in [0.29, 0.717) is 17.5 Å². The van der Waals surface area contributed by atoms with E-state index < -0.39 is 0 Å². The third-order valence-corrected chi connectivity index (χ3v) is 4.95. The van der Waals surface area contributed by atoms with Crippen LogP contribution in [0.4, 0.5) is 0 Å². The molecule has 0 aliphatic heterocycles. The van der Waals surface area contributed by atoms with Crippen LogP contribution in [0, 0.1) is 6.92 Å². The Morgan fingerprint density at radius 3 is 2.70 bits per heavy atom. The zero-order chi connectivity index (χ0) is 16.7. The zero-order valence-electron chi connectivity index (χ0n) is 13.5. The van der Waals surface area contributed by atoms with E-state index in [4.69, 9.17) is 0 Å². The van der Waals surface area contributed by atoms with Gasteiger partial charge in [-0.15, -0.1) is 16.9 Å². The standard InChI is InChI=1S/C15H21N5OS2/c1-11(2)20-15(17-18-19-20)23-10-14(21)16-8-9-22-13-6-4-12(3)5-7-13/h4-7,11H,8-10H2,1-3H3,(H,16,21). The first kappa shape index (κ1) is 17.8. The molecule has 1 aromatic carbocycles. The van der Waals surface area contributed by atoms with Crippen LogP contribution in [0.15, 0.2) is 34.3 Å². The van der Waals surface area contributed by atoms with Crippen LogP contribution in [-0.4, -0.2) is 44.2 Å². The molecule has 0 atom stereocenters. The van der Waals surface area contributed by atoms with Gasteiger partial charge in [0.05, 0.1) is 11.8 Å². The molecule has 1 heterocycles. The van der Waals surface area contributed by atoms with Crippen molar-refractivity contribution in [2.45, 2.75) is 36.9 Å². The van der Waals surface area contributed by atoms with Gasteiger partial charge >= 0.3 is 0 Å². The average molecular weight is 352 g/mol. The third-order valence-electron chi connectivity index (χ3n) is 3.00. The molecule has 0 aliphatic carbocycles. The summed E-state index contributed by atoms with van der Waals surface area (Å²) in [6, 6.07) is 8.57. The summed E-state index contributed by atoms with van der Waals surface area (Å²) in [5.74, 6) is 1.17. The summed E-state index contributed by atoms with van der Waals surface area (Å²) >= 11 is 3.09. The van der Waals surface area contributed by atoms with Crippen LogP contribution >= 0.6 is 23.5 Å². The normalized spacial score (nSPS) is 11.0. The summed E-state index contributed by atoms with van der Waals surface area (Å²) in [6.45, 7) is 6.72. The number of carbonyl (C=O) groups is 1. The van der Waals surface area contributed by atoms with E-state index in [-0.39, 0.29) is 11.9 Å². The van der Waals surface area contributed by atoms with E-state index in [9.17, 15) is 4.79 Å². The van der Waals surface area contributed by atoms with Crippen LogP contribution in [-0.2, 0) is 4.79 Å². The van der Waals surface area contributed by atoms with E-state index in [0.717, 1.165) is 5.75 Å². The number of rotatable bonds is 8. The number of tetrazole rings is 1. The lowest BCUT2D eigenvalue weighted by Crippen LogP contribution is -2.27. The van der Waals surface area contributed by atoms with Crippen molar-refractivity contribution in [2.24, 2.45) is 0 Å². The van der Waals surface area contributed by atoms with E-state index >= 15 is 0 Å². The topological polar surface area (TPSA) is 72.7 Å². The van der Waals surface area contributed by atoms with Gasteiger partial charge < -0.3 is 5.32 Å². The van der Waals surface area contributed by atoms with Crippen LogP contribution in [0.1, 0.15) is 25.5 Å². The molecule has 2 aromatic rings. The summed E-state index contributed by atoms with van der Waals surface area (Å²) in [5.41, 5.74) is 1.25. The average Bonchev–Trinajstić information content (AvgIpc) is 3.00. The fourth-order valence-electron chi connectivity index (χ4n) is 1.78. The van der Waals surface area contributed by atoms with Crippen molar-refractivity contribution in [1.82, 2.24) is 25.5 Å². The van der Waals surface area contributed by atoms with Gasteiger partial charge in [0.25, 0.3) is 0 Å². The van der Waals surface area contributed by atoms with E-state index in [1.165, 1.54) is 22.2 Å². The monoisotopic (exact) mass is 351 g/mol. The Balaban J connectivity index is 1.65. The Kier molecular flexibility index (Phi) is 6.91. The lowest BCUT2D eigenvalue weighted by atomic mass is 10.2. The largest absolute Gasteiger partial charge is 0.355 e. The van der Waals surface area contributed by atoms with Gasteiger partial charge in [0.15, 0.2) is 0 Å². The fraction of sp³-hybridized carbons (Fsp3) is 0.467. The van der Waals surface area contributed by atoms with Gasteiger partial charge in [-0.25, -0.2) is 4.68 Å². The summed E-state index contributed by atoms with van der Waals surface area (Å²) in [5, 5.41) is 15.1. The maximum absolute atomic E-state index is 11.9. The number of amides is 1. The molecule has 0 bridgehead atoms. The number of carbonyl (C=O) groups excluding carboxylic acids is 1. The molecule has 6 nitrogen and oxygen atoms in total. The highest BCUT2D eigenvalue weighted by Gasteiger charge is 2.11. The van der Waals surface area contributed by atoms with Crippen molar-refractivity contribution in [1.29, 1.82) is 0 Å². The number of aromatic nitrogens is 4. The van der Waals surface area contributed by atoms with Crippen molar-refractivity contribution in [3.8, 4) is 0 Å². The molecule has 2 rings (SSSR count). The molecule has 23 heavy (non-hydrogen) atoms. The molecule has 0 aliphatic rings. The first-order chi connectivity index (χ1) is 11.1. The minimum absolute atomic E-state index is 0.00203. The number of hydrogen-bond acceptors (Lipinski definition) is 6. The van der Waals surface area contributed by atoms with Gasteiger partial charge in [-0.1, -0.05) is 29.5 Å². The quantitative estimate of drug-likeness (QED) is 0.582. The fourth-order valence-corrected chi connectivity index (χ4v) is 3.38. The Morgan fingerprint density at radius 2 is 2.00 bits per heavy atom. The molecule has 1 N–H and O–H groups in total. The van der Waals surface area contributed by atoms with Crippen molar-refractivity contribution < 1.29 is 4.79 Å². The Bertz CT molecular complexity index is 627. The lowest BCUT2D eigenvalue weighted by Gasteiger charge is -2.07. The highest BCUT2D eigenvalue weighted by atomic mass is 32.2. The van der Waals surface area contributed by atoms with E-state index in [1.807, 2.05) is 13.8 Å². The molecule has 1 aromatic heterocycles. The smallest absolute Gasteiger partial charge is 0.230 e. The van der Waals surface area contributed by atoms with Gasteiger partial charge in [-0.3, -0.25) is 4.79 Å².